The molecule has 27 heavy (non-hydrogen) atoms. The van der Waals surface area contributed by atoms with Crippen molar-refractivity contribution in [2.75, 3.05) is 11.1 Å². The number of carbonyl (C=O) groups is 1. The molecule has 0 fully saturated rings. The minimum atomic E-state index is -0.196. The smallest absolute Gasteiger partial charge is 0.224 e. The molecular weight excluding hydrogens is 385 g/mol. The summed E-state index contributed by atoms with van der Waals surface area (Å²) in [5, 5.41) is 3.33. The van der Waals surface area contributed by atoms with E-state index >= 15 is 0 Å². The van der Waals surface area contributed by atoms with E-state index in [2.05, 4.69) is 30.2 Å². The molecule has 0 aliphatic carbocycles. The fourth-order valence-electron chi connectivity index (χ4n) is 2.55. The average Bonchev–Trinajstić information content (AvgIpc) is 3.09. The monoisotopic (exact) mass is 403 g/mol. The van der Waals surface area contributed by atoms with Crippen LogP contribution in [0.5, 0.6) is 0 Å². The number of carbonyl (C=O) groups excluding carboxylic acids is 1. The standard InChI is InChI=1S/C20H19Cl2N3O2/c1-11-3-4-13(7-12(11)2)17-10-24-19(27-17)6-5-18(26)25-14-8-15(21)20(23)16(22)9-14/h3-4,7-10H,5-6,23H2,1-2H3,(H,25,26). The Balaban J connectivity index is 1.61. The van der Waals surface area contributed by atoms with Crippen molar-refractivity contribution in [3.05, 3.63) is 63.6 Å². The summed E-state index contributed by atoms with van der Waals surface area (Å²) in [5.41, 5.74) is 9.84. The molecule has 1 heterocycles. The van der Waals surface area contributed by atoms with Crippen LogP contribution in [0.1, 0.15) is 23.4 Å². The molecule has 0 radical (unpaired) electrons. The fraction of sp³-hybridized carbons (Fsp3) is 0.200. The lowest BCUT2D eigenvalue weighted by molar-refractivity contribution is -0.116. The lowest BCUT2D eigenvalue weighted by atomic mass is 10.1. The van der Waals surface area contributed by atoms with Crippen molar-refractivity contribution in [2.45, 2.75) is 26.7 Å². The van der Waals surface area contributed by atoms with E-state index in [-0.39, 0.29) is 18.0 Å². The number of amides is 1. The molecule has 3 N–H and O–H groups in total. The second kappa shape index (κ2) is 8.03. The quantitative estimate of drug-likeness (QED) is 0.557. The number of oxazole rings is 1. The third-order valence-electron chi connectivity index (χ3n) is 4.27. The summed E-state index contributed by atoms with van der Waals surface area (Å²) in [4.78, 5) is 16.4. The molecular formula is C20H19Cl2N3O2. The Kier molecular flexibility index (Phi) is 5.73. The Bertz CT molecular complexity index is 976. The number of hydrogen-bond acceptors (Lipinski definition) is 4. The molecule has 0 saturated heterocycles. The van der Waals surface area contributed by atoms with Gasteiger partial charge in [-0.25, -0.2) is 4.98 Å². The van der Waals surface area contributed by atoms with Gasteiger partial charge in [0.15, 0.2) is 11.7 Å². The van der Waals surface area contributed by atoms with Crippen LogP contribution in [0.25, 0.3) is 11.3 Å². The summed E-state index contributed by atoms with van der Waals surface area (Å²) >= 11 is 11.9. The highest BCUT2D eigenvalue weighted by Crippen LogP contribution is 2.31. The molecule has 3 rings (SSSR count). The van der Waals surface area contributed by atoms with Crippen molar-refractivity contribution in [3.8, 4) is 11.3 Å². The minimum absolute atomic E-state index is 0.196. The van der Waals surface area contributed by atoms with E-state index in [0.29, 0.717) is 33.8 Å². The van der Waals surface area contributed by atoms with Gasteiger partial charge in [-0.15, -0.1) is 0 Å². The molecule has 0 saturated carbocycles. The first-order chi connectivity index (χ1) is 12.8. The zero-order valence-corrected chi connectivity index (χ0v) is 16.5. The Morgan fingerprint density at radius 2 is 1.85 bits per heavy atom. The maximum Gasteiger partial charge on any atom is 0.224 e. The van der Waals surface area contributed by atoms with E-state index in [1.165, 1.54) is 11.1 Å². The van der Waals surface area contributed by atoms with E-state index in [9.17, 15) is 4.79 Å². The molecule has 0 unspecified atom stereocenters. The molecule has 1 amide bonds. The number of benzene rings is 2. The highest BCUT2D eigenvalue weighted by atomic mass is 35.5. The van der Waals surface area contributed by atoms with Crippen molar-refractivity contribution in [1.29, 1.82) is 0 Å². The normalized spacial score (nSPS) is 10.8. The molecule has 2 aromatic carbocycles. The zero-order valence-electron chi connectivity index (χ0n) is 15.0. The van der Waals surface area contributed by atoms with E-state index in [0.717, 1.165) is 5.56 Å². The van der Waals surface area contributed by atoms with Crippen LogP contribution < -0.4 is 11.1 Å². The van der Waals surface area contributed by atoms with E-state index < -0.39 is 0 Å². The molecule has 0 aliphatic heterocycles. The number of nitrogen functional groups attached to an aromatic ring is 1. The molecule has 0 atom stereocenters. The summed E-state index contributed by atoms with van der Waals surface area (Å²) in [5.74, 6) is 0.996. The number of nitrogens with one attached hydrogen (secondary N) is 1. The molecule has 7 heteroatoms. The molecule has 0 bridgehead atoms. The van der Waals surface area contributed by atoms with Gasteiger partial charge in [-0.3, -0.25) is 4.79 Å². The second-order valence-electron chi connectivity index (χ2n) is 6.32. The van der Waals surface area contributed by atoms with Gasteiger partial charge in [-0.2, -0.15) is 0 Å². The van der Waals surface area contributed by atoms with Crippen molar-refractivity contribution >= 4 is 40.5 Å². The Hall–Kier alpha value is -2.50. The Labute approximate surface area is 167 Å². The summed E-state index contributed by atoms with van der Waals surface area (Å²) in [6.45, 7) is 4.11. The molecule has 0 spiro atoms. The highest BCUT2D eigenvalue weighted by Gasteiger charge is 2.11. The fourth-order valence-corrected chi connectivity index (χ4v) is 3.04. The third kappa shape index (κ3) is 4.62. The molecule has 1 aromatic heterocycles. The topological polar surface area (TPSA) is 81.2 Å². The second-order valence-corrected chi connectivity index (χ2v) is 7.13. The highest BCUT2D eigenvalue weighted by molar-refractivity contribution is 6.39. The maximum absolute atomic E-state index is 12.2. The van der Waals surface area contributed by atoms with E-state index in [1.54, 1.807) is 18.3 Å². The van der Waals surface area contributed by atoms with Crippen molar-refractivity contribution < 1.29 is 9.21 Å². The van der Waals surface area contributed by atoms with Gasteiger partial charge < -0.3 is 15.5 Å². The van der Waals surface area contributed by atoms with Crippen LogP contribution in [0.4, 0.5) is 11.4 Å². The van der Waals surface area contributed by atoms with Crippen molar-refractivity contribution in [3.63, 3.8) is 0 Å². The van der Waals surface area contributed by atoms with Gasteiger partial charge in [0.05, 0.1) is 21.9 Å². The van der Waals surface area contributed by atoms with E-state index in [4.69, 9.17) is 33.4 Å². The lowest BCUT2D eigenvalue weighted by Crippen LogP contribution is -2.12. The van der Waals surface area contributed by atoms with Gasteiger partial charge in [0.1, 0.15) is 0 Å². The largest absolute Gasteiger partial charge is 0.441 e. The van der Waals surface area contributed by atoms with Gasteiger partial charge in [-0.05, 0) is 43.2 Å². The minimum Gasteiger partial charge on any atom is -0.441 e. The number of nitrogens with zero attached hydrogens (tertiary/aromatic N) is 1. The maximum atomic E-state index is 12.2. The third-order valence-corrected chi connectivity index (χ3v) is 4.90. The number of hydrogen-bond donors (Lipinski definition) is 2. The summed E-state index contributed by atoms with van der Waals surface area (Å²) in [6, 6.07) is 9.21. The first kappa shape index (κ1) is 19.3. The Morgan fingerprint density at radius 1 is 1.15 bits per heavy atom. The van der Waals surface area contributed by atoms with Gasteiger partial charge in [-0.1, -0.05) is 35.3 Å². The summed E-state index contributed by atoms with van der Waals surface area (Å²) in [6.07, 6.45) is 2.27. The van der Waals surface area contributed by atoms with Gasteiger partial charge in [0.25, 0.3) is 0 Å². The van der Waals surface area contributed by atoms with Crippen LogP contribution in [-0.2, 0) is 11.2 Å². The molecule has 3 aromatic rings. The van der Waals surface area contributed by atoms with Gasteiger partial charge >= 0.3 is 0 Å². The number of nitrogens with two attached hydrogens (primary N) is 1. The average molecular weight is 404 g/mol. The predicted octanol–water partition coefficient (Wildman–Crippen LogP) is 5.42. The SMILES string of the molecule is Cc1ccc(-c2cnc(CCC(=O)Nc3cc(Cl)c(N)c(Cl)c3)o2)cc1C. The van der Waals surface area contributed by atoms with Crippen LogP contribution in [0.3, 0.4) is 0 Å². The summed E-state index contributed by atoms with van der Waals surface area (Å²) < 4.78 is 5.77. The number of rotatable bonds is 5. The Morgan fingerprint density at radius 3 is 2.52 bits per heavy atom. The van der Waals surface area contributed by atoms with Gasteiger partial charge in [0, 0.05) is 24.1 Å². The van der Waals surface area contributed by atoms with Crippen LogP contribution in [-0.4, -0.2) is 10.9 Å². The molecule has 5 nitrogen and oxygen atoms in total. The zero-order chi connectivity index (χ0) is 19.6. The van der Waals surface area contributed by atoms with Crippen molar-refractivity contribution in [2.24, 2.45) is 0 Å². The number of halogens is 2. The van der Waals surface area contributed by atoms with Crippen LogP contribution in [0.15, 0.2) is 40.9 Å². The summed E-state index contributed by atoms with van der Waals surface area (Å²) in [7, 11) is 0. The first-order valence-electron chi connectivity index (χ1n) is 8.40. The number of aromatic nitrogens is 1. The molecule has 0 aliphatic rings. The van der Waals surface area contributed by atoms with E-state index in [1.807, 2.05) is 12.1 Å². The van der Waals surface area contributed by atoms with Gasteiger partial charge in [0.2, 0.25) is 5.91 Å². The number of anilines is 2. The molecule has 140 valence electrons. The van der Waals surface area contributed by atoms with Crippen LogP contribution in [0, 0.1) is 13.8 Å². The first-order valence-corrected chi connectivity index (χ1v) is 9.16. The predicted molar refractivity (Wildman–Crippen MR) is 109 cm³/mol. The van der Waals surface area contributed by atoms with Crippen molar-refractivity contribution in [1.82, 2.24) is 4.98 Å². The number of aryl methyl sites for hydroxylation is 3. The van der Waals surface area contributed by atoms with Crippen LogP contribution in [0.2, 0.25) is 10.0 Å². The lowest BCUT2D eigenvalue weighted by Gasteiger charge is -2.08. The van der Waals surface area contributed by atoms with Crippen LogP contribution >= 0.6 is 23.2 Å².